The van der Waals surface area contributed by atoms with Gasteiger partial charge in [-0.2, -0.15) is 4.98 Å². The molecule has 4 aromatic rings. The summed E-state index contributed by atoms with van der Waals surface area (Å²) in [6.07, 6.45) is 3.58. The lowest BCUT2D eigenvalue weighted by molar-refractivity contribution is 1.08. The highest BCUT2D eigenvalue weighted by atomic mass is 15.1. The second-order valence-corrected chi connectivity index (χ2v) is 6.96. The monoisotopic (exact) mass is 381 g/mol. The van der Waals surface area contributed by atoms with Crippen molar-refractivity contribution in [1.29, 1.82) is 0 Å². The van der Waals surface area contributed by atoms with E-state index in [1.807, 2.05) is 42.5 Å². The molecule has 0 saturated carbocycles. The van der Waals surface area contributed by atoms with Crippen LogP contribution in [0, 0.1) is 13.8 Å². The fraction of sp³-hybridized carbons (Fsp3) is 0.125. The summed E-state index contributed by atoms with van der Waals surface area (Å²) in [7, 11) is 0. The average Bonchev–Trinajstić information content (AvgIpc) is 2.76. The molecule has 144 valence electrons. The molecule has 0 aliphatic heterocycles. The van der Waals surface area contributed by atoms with Crippen LogP contribution in [-0.2, 0) is 6.54 Å². The molecule has 0 saturated heterocycles. The lowest BCUT2D eigenvalue weighted by Gasteiger charge is -2.12. The van der Waals surface area contributed by atoms with E-state index in [9.17, 15) is 0 Å². The van der Waals surface area contributed by atoms with Crippen LogP contribution < -0.4 is 10.6 Å². The normalized spacial score (nSPS) is 10.6. The van der Waals surface area contributed by atoms with Gasteiger partial charge in [0.05, 0.1) is 5.69 Å². The Morgan fingerprint density at radius 2 is 1.59 bits per heavy atom. The van der Waals surface area contributed by atoms with Crippen molar-refractivity contribution in [3.8, 4) is 11.3 Å². The molecule has 0 aliphatic carbocycles. The molecule has 2 aromatic heterocycles. The second kappa shape index (κ2) is 8.52. The van der Waals surface area contributed by atoms with Crippen LogP contribution in [0.15, 0.2) is 79.1 Å². The van der Waals surface area contributed by atoms with E-state index in [1.165, 1.54) is 11.1 Å². The van der Waals surface area contributed by atoms with Gasteiger partial charge in [-0.25, -0.2) is 4.98 Å². The number of aryl methyl sites for hydroxylation is 2. The van der Waals surface area contributed by atoms with E-state index < -0.39 is 0 Å². The zero-order valence-electron chi connectivity index (χ0n) is 16.6. The molecule has 0 atom stereocenters. The summed E-state index contributed by atoms with van der Waals surface area (Å²) >= 11 is 0. The predicted molar refractivity (Wildman–Crippen MR) is 118 cm³/mol. The highest BCUT2D eigenvalue weighted by molar-refractivity contribution is 5.66. The Hall–Kier alpha value is -3.73. The number of benzene rings is 2. The molecule has 4 rings (SSSR count). The van der Waals surface area contributed by atoms with Crippen molar-refractivity contribution in [1.82, 2.24) is 15.0 Å². The third-order valence-corrected chi connectivity index (χ3v) is 4.78. The summed E-state index contributed by atoms with van der Waals surface area (Å²) in [5, 5.41) is 6.75. The van der Waals surface area contributed by atoms with Crippen LogP contribution in [0.25, 0.3) is 11.3 Å². The fourth-order valence-corrected chi connectivity index (χ4v) is 2.99. The minimum Gasteiger partial charge on any atom is -0.366 e. The highest BCUT2D eigenvalue weighted by Gasteiger charge is 2.08. The van der Waals surface area contributed by atoms with Crippen LogP contribution in [0.2, 0.25) is 0 Å². The molecule has 2 N–H and O–H groups in total. The lowest BCUT2D eigenvalue weighted by atomic mass is 10.1. The van der Waals surface area contributed by atoms with E-state index in [-0.39, 0.29) is 0 Å². The maximum atomic E-state index is 4.73. The number of anilines is 3. The maximum Gasteiger partial charge on any atom is 0.229 e. The summed E-state index contributed by atoms with van der Waals surface area (Å²) in [4.78, 5) is 13.5. The van der Waals surface area contributed by atoms with Gasteiger partial charge in [-0.3, -0.25) is 4.98 Å². The first-order valence-electron chi connectivity index (χ1n) is 9.59. The smallest absolute Gasteiger partial charge is 0.229 e. The Kier molecular flexibility index (Phi) is 5.47. The van der Waals surface area contributed by atoms with Crippen LogP contribution in [0.5, 0.6) is 0 Å². The van der Waals surface area contributed by atoms with E-state index in [1.54, 1.807) is 12.4 Å². The molecule has 5 nitrogen and oxygen atoms in total. The molecular weight excluding hydrogens is 358 g/mol. The molecule has 0 amide bonds. The Morgan fingerprint density at radius 1 is 0.793 bits per heavy atom. The van der Waals surface area contributed by atoms with Gasteiger partial charge < -0.3 is 10.6 Å². The van der Waals surface area contributed by atoms with E-state index in [0.717, 1.165) is 28.3 Å². The number of aromatic nitrogens is 3. The van der Waals surface area contributed by atoms with Crippen molar-refractivity contribution in [2.75, 3.05) is 10.6 Å². The highest BCUT2D eigenvalue weighted by Crippen LogP contribution is 2.24. The van der Waals surface area contributed by atoms with Crippen LogP contribution in [0.4, 0.5) is 17.5 Å². The molecule has 0 radical (unpaired) electrons. The molecule has 5 heteroatoms. The maximum absolute atomic E-state index is 4.73. The zero-order valence-corrected chi connectivity index (χ0v) is 16.6. The van der Waals surface area contributed by atoms with Crippen LogP contribution >= 0.6 is 0 Å². The van der Waals surface area contributed by atoms with Gasteiger partial charge in [0.25, 0.3) is 0 Å². The van der Waals surface area contributed by atoms with Crippen molar-refractivity contribution in [2.45, 2.75) is 20.4 Å². The first-order chi connectivity index (χ1) is 14.2. The summed E-state index contributed by atoms with van der Waals surface area (Å²) in [5.41, 5.74) is 6.51. The van der Waals surface area contributed by atoms with Crippen LogP contribution in [0.3, 0.4) is 0 Å². The first-order valence-corrected chi connectivity index (χ1v) is 9.59. The first kappa shape index (κ1) is 18.6. The van der Waals surface area contributed by atoms with Crippen LogP contribution in [0.1, 0.15) is 16.7 Å². The minimum atomic E-state index is 0.562. The van der Waals surface area contributed by atoms with Crippen molar-refractivity contribution in [3.05, 3.63) is 95.8 Å². The third kappa shape index (κ3) is 4.76. The predicted octanol–water partition coefficient (Wildman–Crippen LogP) is 5.51. The van der Waals surface area contributed by atoms with Crippen molar-refractivity contribution in [3.63, 3.8) is 0 Å². The molecule has 0 bridgehead atoms. The molecular formula is C24H23N5. The quantitative estimate of drug-likeness (QED) is 0.461. The minimum absolute atomic E-state index is 0.562. The van der Waals surface area contributed by atoms with E-state index in [0.29, 0.717) is 12.5 Å². The Labute approximate surface area is 170 Å². The summed E-state index contributed by atoms with van der Waals surface area (Å²) in [6.45, 7) is 4.87. The lowest BCUT2D eigenvalue weighted by Crippen LogP contribution is -2.06. The number of rotatable bonds is 6. The van der Waals surface area contributed by atoms with Gasteiger partial charge in [0.1, 0.15) is 5.82 Å². The van der Waals surface area contributed by atoms with Crippen LogP contribution in [-0.4, -0.2) is 15.0 Å². The number of nitrogens with zero attached hydrogens (tertiary/aromatic N) is 3. The number of hydrogen-bond donors (Lipinski definition) is 2. The molecule has 0 fully saturated rings. The molecule has 0 spiro atoms. The summed E-state index contributed by atoms with van der Waals surface area (Å²) < 4.78 is 0. The fourth-order valence-electron chi connectivity index (χ4n) is 2.99. The van der Waals surface area contributed by atoms with E-state index in [2.05, 4.69) is 58.7 Å². The Bertz CT molecular complexity index is 1090. The molecule has 2 heterocycles. The molecule has 29 heavy (non-hydrogen) atoms. The Balaban J connectivity index is 1.64. The largest absolute Gasteiger partial charge is 0.366 e. The van der Waals surface area contributed by atoms with E-state index in [4.69, 9.17) is 4.98 Å². The number of hydrogen-bond acceptors (Lipinski definition) is 5. The summed E-state index contributed by atoms with van der Waals surface area (Å²) in [5.74, 6) is 1.33. The van der Waals surface area contributed by atoms with Gasteiger partial charge in [0, 0.05) is 36.3 Å². The van der Waals surface area contributed by atoms with Crippen molar-refractivity contribution >= 4 is 17.5 Å². The zero-order chi connectivity index (χ0) is 20.1. The van der Waals surface area contributed by atoms with Gasteiger partial charge in [-0.05, 0) is 54.8 Å². The summed E-state index contributed by atoms with van der Waals surface area (Å²) in [6, 6.07) is 22.3. The van der Waals surface area contributed by atoms with Gasteiger partial charge in [0.15, 0.2) is 0 Å². The Morgan fingerprint density at radius 3 is 2.34 bits per heavy atom. The molecule has 0 aliphatic rings. The topological polar surface area (TPSA) is 62.7 Å². The molecule has 2 aromatic carbocycles. The van der Waals surface area contributed by atoms with Gasteiger partial charge in [-0.1, -0.05) is 36.4 Å². The third-order valence-electron chi connectivity index (χ3n) is 4.78. The van der Waals surface area contributed by atoms with Gasteiger partial charge >= 0.3 is 0 Å². The molecule has 0 unspecified atom stereocenters. The van der Waals surface area contributed by atoms with Crippen molar-refractivity contribution in [2.24, 2.45) is 0 Å². The van der Waals surface area contributed by atoms with Crippen molar-refractivity contribution < 1.29 is 0 Å². The number of nitrogens with one attached hydrogen (secondary N) is 2. The average molecular weight is 381 g/mol. The number of pyridine rings is 1. The van der Waals surface area contributed by atoms with E-state index >= 15 is 0 Å². The SMILES string of the molecule is Cc1ccc(Nc2nc(NCc3ccncc3)cc(-c3ccccc3)n2)cc1C. The second-order valence-electron chi connectivity index (χ2n) is 6.96. The standard InChI is InChI=1S/C24H23N5/c1-17-8-9-21(14-18(17)2)27-24-28-22(20-6-4-3-5-7-20)15-23(29-24)26-16-19-10-12-25-13-11-19/h3-15H,16H2,1-2H3,(H2,26,27,28,29). The van der Waals surface area contributed by atoms with Gasteiger partial charge in [-0.15, -0.1) is 0 Å². The van der Waals surface area contributed by atoms with Gasteiger partial charge in [0.2, 0.25) is 5.95 Å².